The van der Waals surface area contributed by atoms with Crippen molar-refractivity contribution in [3.8, 4) is 0 Å². The molecule has 1 rings (SSSR count). The van der Waals surface area contributed by atoms with E-state index in [0.717, 1.165) is 11.0 Å². The first-order chi connectivity index (χ1) is 9.73. The molecule has 0 saturated heterocycles. The summed E-state index contributed by atoms with van der Waals surface area (Å²) in [6, 6.07) is 4.43. The molecule has 0 aliphatic heterocycles. The Balaban J connectivity index is 3.02. The maximum atomic E-state index is 12.6. The number of benzene rings is 1. The summed E-state index contributed by atoms with van der Waals surface area (Å²) in [5.74, 6) is -1.11. The second-order valence-corrected chi connectivity index (χ2v) is 4.83. The van der Waals surface area contributed by atoms with Crippen LogP contribution >= 0.6 is 11.6 Å². The number of rotatable bonds is 6. The number of hydrogen-bond donors (Lipinski definition) is 1. The van der Waals surface area contributed by atoms with E-state index in [1.807, 2.05) is 0 Å². The average Bonchev–Trinajstić information content (AvgIpc) is 2.34. The van der Waals surface area contributed by atoms with Crippen molar-refractivity contribution in [2.75, 3.05) is 18.0 Å². The van der Waals surface area contributed by atoms with Crippen LogP contribution < -0.4 is 4.90 Å². The van der Waals surface area contributed by atoms with E-state index in [4.69, 9.17) is 16.7 Å². The number of nitrogens with zero attached hydrogens (tertiary/aromatic N) is 1. The third-order valence-corrected chi connectivity index (χ3v) is 2.90. The molecule has 1 aromatic rings. The van der Waals surface area contributed by atoms with Crippen molar-refractivity contribution >= 4 is 29.3 Å². The minimum absolute atomic E-state index is 0.153. The van der Waals surface area contributed by atoms with Gasteiger partial charge in [-0.25, -0.2) is 4.79 Å². The van der Waals surface area contributed by atoms with E-state index in [2.05, 4.69) is 0 Å². The second kappa shape index (κ2) is 7.36. The Morgan fingerprint density at radius 1 is 1.43 bits per heavy atom. The summed E-state index contributed by atoms with van der Waals surface area (Å²) in [6.45, 7) is 0.926. The number of aliphatic carboxylic acids is 1. The van der Waals surface area contributed by atoms with Gasteiger partial charge in [0.25, 0.3) is 0 Å². The van der Waals surface area contributed by atoms with Gasteiger partial charge in [-0.1, -0.05) is 24.6 Å². The van der Waals surface area contributed by atoms with Crippen LogP contribution in [0, 0.1) is 0 Å². The monoisotopic (exact) mass is 321 g/mol. The number of carboxylic acids is 1. The standard InChI is InChI=1S/C14H15ClF3NO2/c1-2-7-19(9-14(16,17)18)12-5-3-10(8-11(12)15)4-6-13(20)21/h3-6,8H,2,7,9H2,1H3,(H,20,21)/b6-4+. The first-order valence-electron chi connectivity index (χ1n) is 6.25. The van der Waals surface area contributed by atoms with Gasteiger partial charge in [-0.2, -0.15) is 13.2 Å². The predicted octanol–water partition coefficient (Wildman–Crippen LogP) is 4.22. The van der Waals surface area contributed by atoms with Crippen LogP contribution in [0.3, 0.4) is 0 Å². The fourth-order valence-corrected chi connectivity index (χ4v) is 2.13. The molecule has 116 valence electrons. The van der Waals surface area contributed by atoms with Crippen LogP contribution in [0.4, 0.5) is 18.9 Å². The van der Waals surface area contributed by atoms with Crippen molar-refractivity contribution in [3.05, 3.63) is 34.9 Å². The molecule has 0 aliphatic carbocycles. The highest BCUT2D eigenvalue weighted by atomic mass is 35.5. The number of halogens is 4. The summed E-state index contributed by atoms with van der Waals surface area (Å²) in [7, 11) is 0. The number of carboxylic acid groups (broad SMARTS) is 1. The summed E-state index contributed by atoms with van der Waals surface area (Å²) < 4.78 is 37.7. The van der Waals surface area contributed by atoms with E-state index in [0.29, 0.717) is 12.0 Å². The van der Waals surface area contributed by atoms with Gasteiger partial charge in [0.15, 0.2) is 0 Å². The zero-order valence-electron chi connectivity index (χ0n) is 11.3. The first-order valence-corrected chi connectivity index (χ1v) is 6.63. The highest BCUT2D eigenvalue weighted by Gasteiger charge is 2.31. The summed E-state index contributed by atoms with van der Waals surface area (Å²) in [6.07, 6.45) is -1.51. The fourth-order valence-electron chi connectivity index (χ4n) is 1.82. The van der Waals surface area contributed by atoms with Crippen LogP contribution in [0.5, 0.6) is 0 Å². The van der Waals surface area contributed by atoms with E-state index in [1.165, 1.54) is 24.3 Å². The smallest absolute Gasteiger partial charge is 0.405 e. The molecule has 0 heterocycles. The summed E-state index contributed by atoms with van der Waals surface area (Å²) >= 11 is 6.01. The van der Waals surface area contributed by atoms with Crippen LogP contribution in [-0.2, 0) is 4.79 Å². The molecule has 0 radical (unpaired) electrons. The molecule has 0 saturated carbocycles. The lowest BCUT2D eigenvalue weighted by atomic mass is 10.1. The number of alkyl halides is 3. The number of anilines is 1. The molecule has 0 spiro atoms. The van der Waals surface area contributed by atoms with Gasteiger partial charge >= 0.3 is 12.1 Å². The molecule has 0 amide bonds. The van der Waals surface area contributed by atoms with Gasteiger partial charge in [0, 0.05) is 12.6 Å². The maximum Gasteiger partial charge on any atom is 0.405 e. The molecule has 1 aromatic carbocycles. The molecule has 1 N–H and O–H groups in total. The van der Waals surface area contributed by atoms with E-state index in [1.54, 1.807) is 6.92 Å². The molecule has 0 aliphatic rings. The van der Waals surface area contributed by atoms with Gasteiger partial charge in [-0.15, -0.1) is 0 Å². The molecule has 0 fully saturated rings. The second-order valence-electron chi connectivity index (χ2n) is 4.42. The highest BCUT2D eigenvalue weighted by Crippen LogP contribution is 2.30. The first kappa shape index (κ1) is 17.4. The number of carbonyl (C=O) groups is 1. The third kappa shape index (κ3) is 6.08. The normalized spacial score (nSPS) is 11.9. The Bertz CT molecular complexity index is 529. The Morgan fingerprint density at radius 2 is 2.10 bits per heavy atom. The minimum atomic E-state index is -4.32. The van der Waals surface area contributed by atoms with Crippen LogP contribution in [-0.4, -0.2) is 30.3 Å². The molecular weight excluding hydrogens is 307 g/mol. The average molecular weight is 322 g/mol. The Kier molecular flexibility index (Phi) is 6.08. The molecule has 0 bridgehead atoms. The van der Waals surface area contributed by atoms with Crippen molar-refractivity contribution < 1.29 is 23.1 Å². The summed E-state index contributed by atoms with van der Waals surface area (Å²) in [5, 5.41) is 8.68. The minimum Gasteiger partial charge on any atom is -0.478 e. The van der Waals surface area contributed by atoms with Crippen molar-refractivity contribution in [1.29, 1.82) is 0 Å². The molecule has 0 atom stereocenters. The van der Waals surface area contributed by atoms with Gasteiger partial charge in [0.05, 0.1) is 10.7 Å². The van der Waals surface area contributed by atoms with Gasteiger partial charge < -0.3 is 10.0 Å². The van der Waals surface area contributed by atoms with Gasteiger partial charge in [-0.3, -0.25) is 0 Å². The quantitative estimate of drug-likeness (QED) is 0.798. The van der Waals surface area contributed by atoms with Crippen molar-refractivity contribution in [2.24, 2.45) is 0 Å². The SMILES string of the molecule is CCCN(CC(F)(F)F)c1ccc(/C=C/C(=O)O)cc1Cl. The van der Waals surface area contributed by atoms with E-state index in [-0.39, 0.29) is 17.3 Å². The summed E-state index contributed by atoms with van der Waals surface area (Å²) in [5.41, 5.74) is 0.790. The molecule has 0 aromatic heterocycles. The summed E-state index contributed by atoms with van der Waals surface area (Å²) in [4.78, 5) is 11.6. The van der Waals surface area contributed by atoms with Crippen LogP contribution in [0.15, 0.2) is 24.3 Å². The zero-order chi connectivity index (χ0) is 16.0. The molecule has 0 unspecified atom stereocenters. The largest absolute Gasteiger partial charge is 0.478 e. The Labute approximate surface area is 125 Å². The lowest BCUT2D eigenvalue weighted by Gasteiger charge is -2.26. The van der Waals surface area contributed by atoms with Crippen molar-refractivity contribution in [2.45, 2.75) is 19.5 Å². The van der Waals surface area contributed by atoms with Crippen LogP contribution in [0.2, 0.25) is 5.02 Å². The van der Waals surface area contributed by atoms with Gasteiger partial charge in [0.2, 0.25) is 0 Å². The topological polar surface area (TPSA) is 40.5 Å². The molecule has 21 heavy (non-hydrogen) atoms. The van der Waals surface area contributed by atoms with Crippen molar-refractivity contribution in [3.63, 3.8) is 0 Å². The van der Waals surface area contributed by atoms with Crippen molar-refractivity contribution in [1.82, 2.24) is 0 Å². The van der Waals surface area contributed by atoms with Crippen LogP contribution in [0.25, 0.3) is 6.08 Å². The van der Waals surface area contributed by atoms with Crippen LogP contribution in [0.1, 0.15) is 18.9 Å². The Morgan fingerprint density at radius 3 is 2.57 bits per heavy atom. The third-order valence-electron chi connectivity index (χ3n) is 2.59. The molecule has 7 heteroatoms. The maximum absolute atomic E-state index is 12.6. The Hall–Kier alpha value is -1.69. The lowest BCUT2D eigenvalue weighted by molar-refractivity contribution is -0.131. The van der Waals surface area contributed by atoms with E-state index < -0.39 is 18.7 Å². The lowest BCUT2D eigenvalue weighted by Crippen LogP contribution is -2.35. The van der Waals surface area contributed by atoms with E-state index >= 15 is 0 Å². The molecule has 3 nitrogen and oxygen atoms in total. The van der Waals surface area contributed by atoms with Gasteiger partial charge in [-0.05, 0) is 30.2 Å². The van der Waals surface area contributed by atoms with E-state index in [9.17, 15) is 18.0 Å². The highest BCUT2D eigenvalue weighted by molar-refractivity contribution is 6.33. The molecular formula is C14H15ClF3NO2. The zero-order valence-corrected chi connectivity index (χ0v) is 12.1. The predicted molar refractivity (Wildman–Crippen MR) is 76.7 cm³/mol. The number of hydrogen-bond acceptors (Lipinski definition) is 2. The fraction of sp³-hybridized carbons (Fsp3) is 0.357. The van der Waals surface area contributed by atoms with Gasteiger partial charge in [0.1, 0.15) is 6.54 Å².